The molecule has 1 aromatic heterocycles. The van der Waals surface area contributed by atoms with E-state index in [1.165, 1.54) is 0 Å². The number of alkyl carbamates (subject to hydrolysis) is 1. The van der Waals surface area contributed by atoms with Crippen LogP contribution in [0.1, 0.15) is 11.4 Å². The van der Waals surface area contributed by atoms with Gasteiger partial charge >= 0.3 is 6.09 Å². The van der Waals surface area contributed by atoms with Gasteiger partial charge in [-0.05, 0) is 17.7 Å². The number of nitrogens with one attached hydrogen (secondary N) is 1. The summed E-state index contributed by atoms with van der Waals surface area (Å²) in [6, 6.07) is 11.3. The van der Waals surface area contributed by atoms with Crippen molar-refractivity contribution in [3.63, 3.8) is 0 Å². The second kappa shape index (κ2) is 7.68. The van der Waals surface area contributed by atoms with Crippen LogP contribution in [-0.2, 0) is 11.3 Å². The lowest BCUT2D eigenvalue weighted by Gasteiger charge is -2.05. The Morgan fingerprint density at radius 1 is 1.15 bits per heavy atom. The summed E-state index contributed by atoms with van der Waals surface area (Å²) < 4.78 is 5.07. The summed E-state index contributed by atoms with van der Waals surface area (Å²) in [5, 5.41) is 2.62. The van der Waals surface area contributed by atoms with E-state index in [4.69, 9.17) is 4.74 Å². The predicted octanol–water partition coefficient (Wildman–Crippen LogP) is 2.42. The van der Waals surface area contributed by atoms with Gasteiger partial charge < -0.3 is 10.1 Å². The Morgan fingerprint density at radius 2 is 1.90 bits per heavy atom. The van der Waals surface area contributed by atoms with Gasteiger partial charge in [0.25, 0.3) is 0 Å². The number of benzene rings is 1. The number of nitrogens with zero attached hydrogens (tertiary/aromatic N) is 2. The maximum Gasteiger partial charge on any atom is 0.407 e. The monoisotopic (exact) mass is 269 g/mol. The van der Waals surface area contributed by atoms with Crippen molar-refractivity contribution in [2.24, 2.45) is 0 Å². The minimum absolute atomic E-state index is 0.262. The molecule has 2 aromatic rings. The zero-order valence-electron chi connectivity index (χ0n) is 10.9. The third-order valence-corrected chi connectivity index (χ3v) is 2.43. The largest absolute Gasteiger partial charge is 0.445 e. The lowest BCUT2D eigenvalue weighted by molar-refractivity contribution is 0.141. The Kier molecular flexibility index (Phi) is 5.27. The van der Waals surface area contributed by atoms with Crippen molar-refractivity contribution in [3.8, 4) is 0 Å². The van der Waals surface area contributed by atoms with E-state index in [2.05, 4.69) is 15.3 Å². The van der Waals surface area contributed by atoms with Crippen LogP contribution in [0.5, 0.6) is 0 Å². The smallest absolute Gasteiger partial charge is 0.407 e. The van der Waals surface area contributed by atoms with E-state index in [9.17, 15) is 4.79 Å². The quantitative estimate of drug-likeness (QED) is 0.905. The molecule has 1 aromatic carbocycles. The third-order valence-electron chi connectivity index (χ3n) is 2.43. The molecule has 5 heteroatoms. The standard InChI is InChI=1S/C15H15N3O2/c19-15(20-12-13-6-2-1-3-7-13)18-9-4-8-14-16-10-5-11-17-14/h1-8,10-11H,9,12H2,(H,18,19). The molecule has 0 aliphatic carbocycles. The highest BCUT2D eigenvalue weighted by Crippen LogP contribution is 2.00. The summed E-state index contributed by atoms with van der Waals surface area (Å²) in [5.74, 6) is 0.604. The normalized spacial score (nSPS) is 10.4. The predicted molar refractivity (Wildman–Crippen MR) is 75.7 cm³/mol. The molecule has 0 radical (unpaired) electrons. The van der Waals surface area contributed by atoms with Crippen molar-refractivity contribution < 1.29 is 9.53 Å². The van der Waals surface area contributed by atoms with E-state index in [1.807, 2.05) is 30.3 Å². The van der Waals surface area contributed by atoms with Crippen LogP contribution in [0.15, 0.2) is 54.9 Å². The molecule has 102 valence electrons. The maximum absolute atomic E-state index is 11.4. The summed E-state index contributed by atoms with van der Waals surface area (Å²) in [6.07, 6.45) is 6.37. The molecule has 0 aliphatic rings. The summed E-state index contributed by atoms with van der Waals surface area (Å²) in [4.78, 5) is 19.5. The average Bonchev–Trinajstić information content (AvgIpc) is 2.52. The number of carbonyl (C=O) groups is 1. The Hall–Kier alpha value is -2.69. The van der Waals surface area contributed by atoms with Crippen LogP contribution in [0, 0.1) is 0 Å². The summed E-state index contributed by atoms with van der Waals surface area (Å²) in [5.41, 5.74) is 0.955. The zero-order valence-corrected chi connectivity index (χ0v) is 10.9. The minimum atomic E-state index is -0.451. The average molecular weight is 269 g/mol. The molecule has 0 saturated carbocycles. The minimum Gasteiger partial charge on any atom is -0.445 e. The van der Waals surface area contributed by atoms with Crippen LogP contribution in [0.2, 0.25) is 0 Å². The molecule has 0 unspecified atom stereocenters. The fourth-order valence-electron chi connectivity index (χ4n) is 1.48. The first-order valence-corrected chi connectivity index (χ1v) is 6.23. The van der Waals surface area contributed by atoms with Crippen molar-refractivity contribution in [2.75, 3.05) is 6.54 Å². The summed E-state index contributed by atoms with van der Waals surface area (Å²) in [6.45, 7) is 0.629. The lowest BCUT2D eigenvalue weighted by Crippen LogP contribution is -2.24. The molecule has 1 N–H and O–H groups in total. The van der Waals surface area contributed by atoms with Crippen LogP contribution in [0.25, 0.3) is 6.08 Å². The number of hydrogen-bond donors (Lipinski definition) is 1. The van der Waals surface area contributed by atoms with E-state index in [0.29, 0.717) is 12.4 Å². The molecule has 0 spiro atoms. The number of aromatic nitrogens is 2. The molecule has 0 fully saturated rings. The number of carbonyl (C=O) groups excluding carboxylic acids is 1. The van der Waals surface area contributed by atoms with Crippen LogP contribution >= 0.6 is 0 Å². The number of amides is 1. The molecule has 5 nitrogen and oxygen atoms in total. The lowest BCUT2D eigenvalue weighted by atomic mass is 10.2. The molecule has 0 bridgehead atoms. The molecule has 0 saturated heterocycles. The van der Waals surface area contributed by atoms with E-state index in [1.54, 1.807) is 30.6 Å². The molecule has 20 heavy (non-hydrogen) atoms. The number of ether oxygens (including phenoxy) is 1. The van der Waals surface area contributed by atoms with E-state index < -0.39 is 6.09 Å². The van der Waals surface area contributed by atoms with E-state index >= 15 is 0 Å². The fourth-order valence-corrected chi connectivity index (χ4v) is 1.48. The topological polar surface area (TPSA) is 64.1 Å². The molecule has 1 amide bonds. The van der Waals surface area contributed by atoms with Gasteiger partial charge in [0.05, 0.1) is 0 Å². The van der Waals surface area contributed by atoms with Gasteiger partial charge in [0, 0.05) is 18.9 Å². The van der Waals surface area contributed by atoms with E-state index in [-0.39, 0.29) is 6.61 Å². The first-order chi connectivity index (χ1) is 9.84. The molecule has 1 heterocycles. The van der Waals surface area contributed by atoms with Crippen LogP contribution in [-0.4, -0.2) is 22.6 Å². The highest BCUT2D eigenvalue weighted by atomic mass is 16.5. The highest BCUT2D eigenvalue weighted by molar-refractivity contribution is 5.67. The van der Waals surface area contributed by atoms with Gasteiger partial charge in [0.2, 0.25) is 0 Å². The second-order valence-corrected chi connectivity index (χ2v) is 3.95. The molecule has 0 aliphatic heterocycles. The van der Waals surface area contributed by atoms with Crippen molar-refractivity contribution in [1.29, 1.82) is 0 Å². The Labute approximate surface area is 117 Å². The molecular formula is C15H15N3O2. The number of rotatable bonds is 5. The van der Waals surface area contributed by atoms with Crippen molar-refractivity contribution in [3.05, 3.63) is 66.3 Å². The Bertz CT molecular complexity index is 556. The molecule has 2 rings (SSSR count). The van der Waals surface area contributed by atoms with Crippen LogP contribution in [0.4, 0.5) is 4.79 Å². The first kappa shape index (κ1) is 13.7. The highest BCUT2D eigenvalue weighted by Gasteiger charge is 2.00. The second-order valence-electron chi connectivity index (χ2n) is 3.95. The first-order valence-electron chi connectivity index (χ1n) is 6.23. The maximum atomic E-state index is 11.4. The van der Waals surface area contributed by atoms with Gasteiger partial charge in [0.15, 0.2) is 5.82 Å². The van der Waals surface area contributed by atoms with Crippen LogP contribution < -0.4 is 5.32 Å². The van der Waals surface area contributed by atoms with Crippen LogP contribution in [0.3, 0.4) is 0 Å². The van der Waals surface area contributed by atoms with E-state index in [0.717, 1.165) is 5.56 Å². The van der Waals surface area contributed by atoms with Gasteiger partial charge in [-0.2, -0.15) is 0 Å². The van der Waals surface area contributed by atoms with Gasteiger partial charge in [-0.1, -0.05) is 36.4 Å². The third kappa shape index (κ3) is 4.89. The van der Waals surface area contributed by atoms with Crippen molar-refractivity contribution in [2.45, 2.75) is 6.61 Å². The fraction of sp³-hybridized carbons (Fsp3) is 0.133. The van der Waals surface area contributed by atoms with Gasteiger partial charge in [-0.25, -0.2) is 14.8 Å². The van der Waals surface area contributed by atoms with Gasteiger partial charge in [-0.15, -0.1) is 0 Å². The summed E-state index contributed by atoms with van der Waals surface area (Å²) in [7, 11) is 0. The zero-order chi connectivity index (χ0) is 14.0. The number of hydrogen-bond acceptors (Lipinski definition) is 4. The SMILES string of the molecule is O=C(NCC=Cc1ncccn1)OCc1ccccc1. The Balaban J connectivity index is 1.67. The molecular weight excluding hydrogens is 254 g/mol. The molecule has 0 atom stereocenters. The Morgan fingerprint density at radius 3 is 2.65 bits per heavy atom. The van der Waals surface area contributed by atoms with Gasteiger partial charge in [-0.3, -0.25) is 0 Å². The van der Waals surface area contributed by atoms with Gasteiger partial charge in [0.1, 0.15) is 6.61 Å². The summed E-state index contributed by atoms with van der Waals surface area (Å²) >= 11 is 0. The van der Waals surface area contributed by atoms with Crippen molar-refractivity contribution >= 4 is 12.2 Å². The van der Waals surface area contributed by atoms with Crippen molar-refractivity contribution in [1.82, 2.24) is 15.3 Å².